The van der Waals surface area contributed by atoms with E-state index in [0.717, 1.165) is 0 Å². The fourth-order valence-electron chi connectivity index (χ4n) is 3.46. The van der Waals surface area contributed by atoms with Crippen LogP contribution in [-0.4, -0.2) is 4.57 Å². The highest BCUT2D eigenvalue weighted by Crippen LogP contribution is 2.37. The smallest absolute Gasteiger partial charge is 0.0538 e. The van der Waals surface area contributed by atoms with Crippen LogP contribution >= 0.6 is 0 Å². The largest absolute Gasteiger partial charge is 0.312 e. The van der Waals surface area contributed by atoms with Crippen molar-refractivity contribution in [1.82, 2.24) is 4.57 Å². The minimum absolute atomic E-state index is 1.23. The molecule has 0 saturated carbocycles. The maximum atomic E-state index is 2.37. The van der Waals surface area contributed by atoms with Crippen molar-refractivity contribution in [3.8, 4) is 0 Å². The number of para-hydroxylation sites is 2. The van der Waals surface area contributed by atoms with Gasteiger partial charge in [-0.1, -0.05) is 60.7 Å². The van der Waals surface area contributed by atoms with E-state index < -0.39 is 0 Å². The first-order chi connectivity index (χ1) is 10.9. The molecule has 0 bridgehead atoms. The van der Waals surface area contributed by atoms with Gasteiger partial charge in [0.2, 0.25) is 0 Å². The van der Waals surface area contributed by atoms with Crippen LogP contribution in [0.2, 0.25) is 0 Å². The molecule has 1 radical (unpaired) electrons. The Morgan fingerprint density at radius 3 is 1.73 bits per heavy atom. The maximum absolute atomic E-state index is 2.37. The van der Waals surface area contributed by atoms with Gasteiger partial charge < -0.3 is 4.57 Å². The number of nitrogens with zero attached hydrogens (tertiary/aromatic N) is 1. The number of rotatable bonds is 1. The van der Waals surface area contributed by atoms with Gasteiger partial charge in [0.1, 0.15) is 0 Å². The summed E-state index contributed by atoms with van der Waals surface area (Å²) >= 11 is 0. The van der Waals surface area contributed by atoms with Gasteiger partial charge in [0.25, 0.3) is 0 Å². The lowest BCUT2D eigenvalue weighted by molar-refractivity contribution is 1.23. The zero-order valence-electron chi connectivity index (χ0n) is 12.0. The molecule has 4 aromatic rings. The Morgan fingerprint density at radius 1 is 0.545 bits per heavy atom. The molecule has 0 spiro atoms. The molecule has 5 rings (SSSR count). The standard InChI is InChI=1S/C21H14N/c1-2-8-16-14-17(13-15(16)7-1)22-20-11-5-3-9-18(20)19-10-4-6-12-21(19)22/h1-14H. The molecule has 1 nitrogen and oxygen atoms in total. The van der Waals surface area contributed by atoms with Crippen molar-refractivity contribution in [2.75, 3.05) is 0 Å². The molecule has 0 N–H and O–H groups in total. The van der Waals surface area contributed by atoms with Crippen LogP contribution in [0, 0.1) is 6.42 Å². The molecule has 0 fully saturated rings. The molecule has 0 saturated heterocycles. The third-order valence-electron chi connectivity index (χ3n) is 4.44. The quantitative estimate of drug-likeness (QED) is 0.442. The average Bonchev–Trinajstić information content (AvgIpc) is 3.13. The minimum atomic E-state index is 1.23. The van der Waals surface area contributed by atoms with Crippen LogP contribution in [0.3, 0.4) is 0 Å². The summed E-state index contributed by atoms with van der Waals surface area (Å²) < 4.78 is 2.37. The molecule has 1 heterocycles. The Balaban J connectivity index is 1.85. The van der Waals surface area contributed by atoms with Crippen LogP contribution in [-0.2, 0) is 0 Å². The molecule has 1 heteroatoms. The second kappa shape index (κ2) is 4.35. The SMILES string of the molecule is [CH]1C(n2c3ccccc3c3ccccc32)=Cc2ccccc21. The van der Waals surface area contributed by atoms with Gasteiger partial charge in [-0.25, -0.2) is 0 Å². The van der Waals surface area contributed by atoms with E-state index in [1.165, 1.54) is 38.6 Å². The molecule has 22 heavy (non-hydrogen) atoms. The summed E-state index contributed by atoms with van der Waals surface area (Å²) in [5.74, 6) is 0. The number of allylic oxidation sites excluding steroid dienone is 1. The van der Waals surface area contributed by atoms with Crippen molar-refractivity contribution in [3.05, 3.63) is 90.3 Å². The van der Waals surface area contributed by atoms with Gasteiger partial charge in [-0.3, -0.25) is 0 Å². The molecular weight excluding hydrogens is 266 g/mol. The van der Waals surface area contributed by atoms with E-state index in [4.69, 9.17) is 0 Å². The Hall–Kier alpha value is -2.80. The third kappa shape index (κ3) is 1.54. The van der Waals surface area contributed by atoms with E-state index >= 15 is 0 Å². The van der Waals surface area contributed by atoms with Crippen molar-refractivity contribution < 1.29 is 0 Å². The predicted octanol–water partition coefficient (Wildman–Crippen LogP) is 5.36. The van der Waals surface area contributed by atoms with Gasteiger partial charge >= 0.3 is 0 Å². The lowest BCUT2D eigenvalue weighted by atomic mass is 10.1. The summed E-state index contributed by atoms with van der Waals surface area (Å²) in [5.41, 5.74) is 6.34. The Morgan fingerprint density at radius 2 is 1.09 bits per heavy atom. The summed E-state index contributed by atoms with van der Waals surface area (Å²) in [5, 5.41) is 2.62. The molecule has 1 aliphatic rings. The zero-order valence-corrected chi connectivity index (χ0v) is 12.0. The monoisotopic (exact) mass is 280 g/mol. The Bertz CT molecular complexity index is 997. The van der Waals surface area contributed by atoms with Crippen molar-refractivity contribution in [2.45, 2.75) is 0 Å². The average molecular weight is 280 g/mol. The molecule has 1 aliphatic carbocycles. The highest BCUT2D eigenvalue weighted by molar-refractivity contribution is 6.11. The second-order valence-electron chi connectivity index (χ2n) is 5.71. The number of hydrogen-bond donors (Lipinski definition) is 0. The summed E-state index contributed by atoms with van der Waals surface area (Å²) in [6, 6.07) is 25.8. The maximum Gasteiger partial charge on any atom is 0.0538 e. The van der Waals surface area contributed by atoms with Crippen molar-refractivity contribution in [2.24, 2.45) is 0 Å². The number of hydrogen-bond acceptors (Lipinski definition) is 0. The van der Waals surface area contributed by atoms with Gasteiger partial charge in [0.15, 0.2) is 0 Å². The van der Waals surface area contributed by atoms with Crippen LogP contribution in [0.15, 0.2) is 72.8 Å². The van der Waals surface area contributed by atoms with Crippen LogP contribution in [0.4, 0.5) is 0 Å². The van der Waals surface area contributed by atoms with Gasteiger partial charge in [0.05, 0.1) is 11.0 Å². The second-order valence-corrected chi connectivity index (χ2v) is 5.71. The van der Waals surface area contributed by atoms with E-state index in [1.807, 2.05) is 0 Å². The first kappa shape index (κ1) is 11.8. The van der Waals surface area contributed by atoms with Crippen molar-refractivity contribution in [1.29, 1.82) is 0 Å². The van der Waals surface area contributed by atoms with Crippen molar-refractivity contribution >= 4 is 33.6 Å². The summed E-state index contributed by atoms with van der Waals surface area (Å²) in [4.78, 5) is 0. The van der Waals surface area contributed by atoms with E-state index in [2.05, 4.69) is 89.9 Å². The summed E-state index contributed by atoms with van der Waals surface area (Å²) in [7, 11) is 0. The van der Waals surface area contributed by atoms with E-state index in [1.54, 1.807) is 0 Å². The fourth-order valence-corrected chi connectivity index (χ4v) is 3.46. The molecule has 1 aromatic heterocycles. The Labute approximate surface area is 129 Å². The minimum Gasteiger partial charge on any atom is -0.312 e. The highest BCUT2D eigenvalue weighted by Gasteiger charge is 2.18. The van der Waals surface area contributed by atoms with Crippen LogP contribution in [0.5, 0.6) is 0 Å². The molecular formula is C21H14N. The fraction of sp³-hybridized carbons (Fsp3) is 0. The molecule has 0 amide bonds. The summed E-state index contributed by atoms with van der Waals surface area (Å²) in [6.45, 7) is 0. The third-order valence-corrected chi connectivity index (χ3v) is 4.44. The van der Waals surface area contributed by atoms with Gasteiger partial charge in [0, 0.05) is 22.9 Å². The lowest BCUT2D eigenvalue weighted by Gasteiger charge is -2.08. The van der Waals surface area contributed by atoms with Crippen LogP contribution < -0.4 is 0 Å². The number of benzene rings is 3. The van der Waals surface area contributed by atoms with E-state index in [0.29, 0.717) is 0 Å². The van der Waals surface area contributed by atoms with Gasteiger partial charge in [-0.15, -0.1) is 0 Å². The first-order valence-corrected chi connectivity index (χ1v) is 7.56. The molecule has 103 valence electrons. The van der Waals surface area contributed by atoms with Crippen molar-refractivity contribution in [3.63, 3.8) is 0 Å². The van der Waals surface area contributed by atoms with Gasteiger partial charge in [-0.2, -0.15) is 0 Å². The zero-order chi connectivity index (χ0) is 14.5. The van der Waals surface area contributed by atoms with E-state index in [-0.39, 0.29) is 0 Å². The highest BCUT2D eigenvalue weighted by atomic mass is 15.0. The topological polar surface area (TPSA) is 4.93 Å². The van der Waals surface area contributed by atoms with E-state index in [9.17, 15) is 0 Å². The number of fused-ring (bicyclic) bond motifs is 4. The predicted molar refractivity (Wildman–Crippen MR) is 93.5 cm³/mol. The Kier molecular flexibility index (Phi) is 2.33. The summed E-state index contributed by atoms with van der Waals surface area (Å²) in [6.07, 6.45) is 4.54. The molecule has 0 atom stereocenters. The number of aromatic nitrogens is 1. The van der Waals surface area contributed by atoms with Gasteiger partial charge in [-0.05, 0) is 29.3 Å². The molecule has 0 aliphatic heterocycles. The normalized spacial score (nSPS) is 13.5. The van der Waals surface area contributed by atoms with Crippen LogP contribution in [0.25, 0.3) is 33.6 Å². The molecule has 0 unspecified atom stereocenters. The van der Waals surface area contributed by atoms with Crippen LogP contribution in [0.1, 0.15) is 11.1 Å². The molecule has 3 aromatic carbocycles. The lowest BCUT2D eigenvalue weighted by Crippen LogP contribution is -1.94. The first-order valence-electron chi connectivity index (χ1n) is 7.56.